The first-order valence-electron chi connectivity index (χ1n) is 9.03. The van der Waals surface area contributed by atoms with Crippen LogP contribution in [0.5, 0.6) is 0 Å². The van der Waals surface area contributed by atoms with Gasteiger partial charge < -0.3 is 5.32 Å². The van der Waals surface area contributed by atoms with Gasteiger partial charge in [-0.2, -0.15) is 0 Å². The Morgan fingerprint density at radius 3 is 2.11 bits per heavy atom. The Bertz CT molecular complexity index is 950. The molecule has 0 aromatic heterocycles. The van der Waals surface area contributed by atoms with Crippen LogP contribution in [0, 0.1) is 26.7 Å². The second kappa shape index (κ2) is 8.13. The molecule has 2 N–H and O–H groups in total. The summed E-state index contributed by atoms with van der Waals surface area (Å²) in [5.74, 6) is 0.00729. The summed E-state index contributed by atoms with van der Waals surface area (Å²) < 4.78 is 28.4. The van der Waals surface area contributed by atoms with Crippen LogP contribution in [0.1, 0.15) is 47.8 Å². The average molecular weight is 389 g/mol. The summed E-state index contributed by atoms with van der Waals surface area (Å²) in [6.07, 6.45) is 0. The third-order valence-electron chi connectivity index (χ3n) is 4.86. The van der Waals surface area contributed by atoms with E-state index in [1.807, 2.05) is 40.7 Å². The Kier molecular flexibility index (Phi) is 6.31. The van der Waals surface area contributed by atoms with E-state index in [0.717, 1.165) is 11.1 Å². The van der Waals surface area contributed by atoms with Gasteiger partial charge in [0.2, 0.25) is 0 Å². The zero-order valence-electron chi connectivity index (χ0n) is 16.8. The van der Waals surface area contributed by atoms with Gasteiger partial charge in [0.05, 0.1) is 4.90 Å². The Labute approximate surface area is 162 Å². The van der Waals surface area contributed by atoms with E-state index in [9.17, 15) is 13.2 Å². The lowest BCUT2D eigenvalue weighted by atomic mass is 10.1. The van der Waals surface area contributed by atoms with E-state index in [-0.39, 0.29) is 22.8 Å². The molecule has 2 aromatic carbocycles. The molecule has 0 fully saturated rings. The van der Waals surface area contributed by atoms with Crippen molar-refractivity contribution in [2.24, 2.45) is 5.92 Å². The molecule has 146 valence electrons. The molecule has 2 rings (SSSR count). The number of sulfonamides is 1. The van der Waals surface area contributed by atoms with Crippen molar-refractivity contribution in [3.8, 4) is 0 Å². The van der Waals surface area contributed by atoms with Crippen molar-refractivity contribution in [3.63, 3.8) is 0 Å². The Morgan fingerprint density at radius 1 is 0.889 bits per heavy atom. The number of anilines is 1. The van der Waals surface area contributed by atoms with E-state index in [1.54, 1.807) is 31.2 Å². The van der Waals surface area contributed by atoms with Gasteiger partial charge in [-0.3, -0.25) is 9.52 Å². The molecule has 2 aromatic rings. The molecule has 0 heterocycles. The standard InChI is InChI=1S/C21H28N2O3S/c1-13(2)17(6)22-21(24)18-9-7-15(4)20(12-18)27(25,26)23-19-10-8-14(3)16(5)11-19/h7-13,17,23H,1-6H3,(H,22,24)/t17-/m0/s1. The highest BCUT2D eigenvalue weighted by Crippen LogP contribution is 2.22. The van der Waals surface area contributed by atoms with Crippen molar-refractivity contribution >= 4 is 21.6 Å². The molecular weight excluding hydrogens is 360 g/mol. The van der Waals surface area contributed by atoms with Gasteiger partial charge in [-0.05, 0) is 74.6 Å². The van der Waals surface area contributed by atoms with Crippen molar-refractivity contribution in [1.29, 1.82) is 0 Å². The van der Waals surface area contributed by atoms with Gasteiger partial charge >= 0.3 is 0 Å². The third kappa shape index (κ3) is 5.10. The molecule has 27 heavy (non-hydrogen) atoms. The van der Waals surface area contributed by atoms with Crippen LogP contribution in [0.25, 0.3) is 0 Å². The number of aryl methyl sites for hydroxylation is 3. The van der Waals surface area contributed by atoms with Gasteiger partial charge in [-0.25, -0.2) is 8.42 Å². The monoisotopic (exact) mass is 388 g/mol. The number of hydrogen-bond acceptors (Lipinski definition) is 3. The number of carbonyl (C=O) groups excluding carboxylic acids is 1. The smallest absolute Gasteiger partial charge is 0.262 e. The molecule has 0 unspecified atom stereocenters. The maximum Gasteiger partial charge on any atom is 0.262 e. The lowest BCUT2D eigenvalue weighted by Crippen LogP contribution is -2.36. The number of hydrogen-bond donors (Lipinski definition) is 2. The molecule has 6 heteroatoms. The molecule has 0 aliphatic carbocycles. The molecule has 0 aliphatic rings. The lowest BCUT2D eigenvalue weighted by Gasteiger charge is -2.18. The van der Waals surface area contributed by atoms with Crippen LogP contribution in [0.15, 0.2) is 41.3 Å². The quantitative estimate of drug-likeness (QED) is 0.779. The van der Waals surface area contributed by atoms with Gasteiger partial charge in [0.15, 0.2) is 0 Å². The van der Waals surface area contributed by atoms with E-state index in [1.165, 1.54) is 6.07 Å². The molecule has 0 saturated carbocycles. The summed E-state index contributed by atoms with van der Waals surface area (Å²) in [6, 6.07) is 10.1. The van der Waals surface area contributed by atoms with Gasteiger partial charge in [-0.1, -0.05) is 26.0 Å². The summed E-state index contributed by atoms with van der Waals surface area (Å²) in [4.78, 5) is 12.6. The summed E-state index contributed by atoms with van der Waals surface area (Å²) in [5, 5.41) is 2.90. The second-order valence-electron chi connectivity index (χ2n) is 7.39. The zero-order chi connectivity index (χ0) is 20.4. The lowest BCUT2D eigenvalue weighted by molar-refractivity contribution is 0.0930. The maximum absolute atomic E-state index is 12.9. The highest BCUT2D eigenvalue weighted by Gasteiger charge is 2.20. The Balaban J connectivity index is 2.33. The largest absolute Gasteiger partial charge is 0.349 e. The molecule has 0 radical (unpaired) electrons. The molecule has 0 bridgehead atoms. The minimum Gasteiger partial charge on any atom is -0.349 e. The van der Waals surface area contributed by atoms with E-state index >= 15 is 0 Å². The van der Waals surface area contributed by atoms with Crippen LogP contribution in [-0.4, -0.2) is 20.4 Å². The highest BCUT2D eigenvalue weighted by molar-refractivity contribution is 7.92. The number of carbonyl (C=O) groups is 1. The molecule has 0 saturated heterocycles. The average Bonchev–Trinajstić information content (AvgIpc) is 2.57. The Morgan fingerprint density at radius 2 is 1.52 bits per heavy atom. The normalized spacial score (nSPS) is 12.7. The summed E-state index contributed by atoms with van der Waals surface area (Å²) >= 11 is 0. The fourth-order valence-corrected chi connectivity index (χ4v) is 3.82. The maximum atomic E-state index is 12.9. The number of amides is 1. The predicted octanol–water partition coefficient (Wildman–Crippen LogP) is 4.19. The molecule has 0 spiro atoms. The number of nitrogens with one attached hydrogen (secondary N) is 2. The van der Waals surface area contributed by atoms with E-state index in [0.29, 0.717) is 16.8 Å². The Hall–Kier alpha value is -2.34. The second-order valence-corrected chi connectivity index (χ2v) is 9.04. The van der Waals surface area contributed by atoms with Gasteiger partial charge in [0.1, 0.15) is 0 Å². The first-order chi connectivity index (χ1) is 12.5. The first-order valence-corrected chi connectivity index (χ1v) is 10.5. The van der Waals surface area contributed by atoms with Gasteiger partial charge in [-0.15, -0.1) is 0 Å². The fourth-order valence-electron chi connectivity index (χ4n) is 2.50. The fraction of sp³-hybridized carbons (Fsp3) is 0.381. The minimum absolute atomic E-state index is 0.00693. The highest BCUT2D eigenvalue weighted by atomic mass is 32.2. The molecular formula is C21H28N2O3S. The van der Waals surface area contributed by atoms with Crippen LogP contribution in [0.3, 0.4) is 0 Å². The number of benzene rings is 2. The van der Waals surface area contributed by atoms with E-state index in [4.69, 9.17) is 0 Å². The molecule has 1 atom stereocenters. The van der Waals surface area contributed by atoms with Crippen LogP contribution < -0.4 is 10.0 Å². The van der Waals surface area contributed by atoms with Crippen molar-refractivity contribution < 1.29 is 13.2 Å². The van der Waals surface area contributed by atoms with Crippen LogP contribution in [-0.2, 0) is 10.0 Å². The minimum atomic E-state index is -3.80. The van der Waals surface area contributed by atoms with Crippen molar-refractivity contribution in [3.05, 3.63) is 58.7 Å². The van der Waals surface area contributed by atoms with E-state index < -0.39 is 10.0 Å². The predicted molar refractivity (Wildman–Crippen MR) is 110 cm³/mol. The third-order valence-corrected chi connectivity index (χ3v) is 6.38. The van der Waals surface area contributed by atoms with Crippen LogP contribution in [0.2, 0.25) is 0 Å². The van der Waals surface area contributed by atoms with Crippen molar-refractivity contribution in [2.45, 2.75) is 52.5 Å². The zero-order valence-corrected chi connectivity index (χ0v) is 17.6. The van der Waals surface area contributed by atoms with Crippen molar-refractivity contribution in [2.75, 3.05) is 4.72 Å². The summed E-state index contributed by atoms with van der Waals surface area (Å²) in [7, 11) is -3.80. The van der Waals surface area contributed by atoms with Gasteiger partial charge in [0.25, 0.3) is 15.9 Å². The summed E-state index contributed by atoms with van der Waals surface area (Å²) in [5.41, 5.74) is 3.50. The van der Waals surface area contributed by atoms with Crippen LogP contribution >= 0.6 is 0 Å². The first kappa shape index (κ1) is 21.0. The SMILES string of the molecule is Cc1ccc(NS(=O)(=O)c2cc(C(=O)N[C@@H](C)C(C)C)ccc2C)cc1C. The molecule has 5 nitrogen and oxygen atoms in total. The van der Waals surface area contributed by atoms with E-state index in [2.05, 4.69) is 10.0 Å². The van der Waals surface area contributed by atoms with Crippen LogP contribution in [0.4, 0.5) is 5.69 Å². The topological polar surface area (TPSA) is 75.3 Å². The van der Waals surface area contributed by atoms with Gasteiger partial charge in [0, 0.05) is 17.3 Å². The van der Waals surface area contributed by atoms with Crippen molar-refractivity contribution in [1.82, 2.24) is 5.32 Å². The number of rotatable bonds is 6. The summed E-state index contributed by atoms with van der Waals surface area (Å²) in [6.45, 7) is 11.6. The molecule has 1 amide bonds. The molecule has 0 aliphatic heterocycles.